The van der Waals surface area contributed by atoms with Crippen LogP contribution in [0.1, 0.15) is 23.6 Å². The Hall–Kier alpha value is -2.83. The van der Waals surface area contributed by atoms with Crippen LogP contribution in [0.3, 0.4) is 0 Å². The molecule has 0 bridgehead atoms. The maximum absolute atomic E-state index is 12.5. The molecule has 0 aromatic heterocycles. The Labute approximate surface area is 149 Å². The predicted octanol–water partition coefficient (Wildman–Crippen LogP) is 4.13. The maximum Gasteiger partial charge on any atom is 0.416 e. The molecular weight excluding hydrogens is 347 g/mol. The Balaban J connectivity index is 1.88. The molecule has 2 aromatic carbocycles. The molecule has 138 valence electrons. The molecule has 4 nitrogen and oxygen atoms in total. The number of amides is 1. The zero-order chi connectivity index (χ0) is 19.3. The maximum atomic E-state index is 12.5. The van der Waals surface area contributed by atoms with Crippen LogP contribution in [-0.2, 0) is 26.9 Å². The predicted molar refractivity (Wildman–Crippen MR) is 90.5 cm³/mol. The van der Waals surface area contributed by atoms with E-state index in [4.69, 9.17) is 4.74 Å². The van der Waals surface area contributed by atoms with E-state index in [1.54, 1.807) is 12.1 Å². The Morgan fingerprint density at radius 2 is 1.62 bits per heavy atom. The van der Waals surface area contributed by atoms with Crippen molar-refractivity contribution in [2.45, 2.75) is 32.5 Å². The van der Waals surface area contributed by atoms with Crippen LogP contribution < -0.4 is 5.32 Å². The first-order valence-electron chi connectivity index (χ1n) is 7.88. The van der Waals surface area contributed by atoms with Gasteiger partial charge in [-0.2, -0.15) is 13.2 Å². The van der Waals surface area contributed by atoms with E-state index in [1.807, 2.05) is 19.1 Å². The summed E-state index contributed by atoms with van der Waals surface area (Å²) in [4.78, 5) is 23.9. The second-order valence-corrected chi connectivity index (χ2v) is 5.86. The van der Waals surface area contributed by atoms with Crippen LogP contribution in [0.25, 0.3) is 0 Å². The first kappa shape index (κ1) is 19.5. The van der Waals surface area contributed by atoms with Crippen LogP contribution in [0.2, 0.25) is 0 Å². The lowest BCUT2D eigenvalue weighted by Gasteiger charge is -2.14. The number of carbonyl (C=O) groups is 2. The summed E-state index contributed by atoms with van der Waals surface area (Å²) in [5, 5.41) is 2.41. The van der Waals surface area contributed by atoms with Crippen molar-refractivity contribution in [2.75, 3.05) is 5.32 Å². The zero-order valence-electron chi connectivity index (χ0n) is 14.3. The highest BCUT2D eigenvalue weighted by Crippen LogP contribution is 2.29. The van der Waals surface area contributed by atoms with Crippen LogP contribution in [0, 0.1) is 6.92 Å². The van der Waals surface area contributed by atoms with E-state index in [0.717, 1.165) is 35.4 Å². The highest BCUT2D eigenvalue weighted by Gasteiger charge is 2.30. The van der Waals surface area contributed by atoms with Crippen molar-refractivity contribution in [2.24, 2.45) is 0 Å². The highest BCUT2D eigenvalue weighted by molar-refractivity contribution is 5.95. The number of anilines is 1. The van der Waals surface area contributed by atoms with Crippen molar-refractivity contribution in [1.82, 2.24) is 0 Å². The molecule has 2 aromatic rings. The number of esters is 1. The lowest BCUT2D eigenvalue weighted by molar-refractivity contribution is -0.152. The molecular formula is C19H18F3NO3. The molecule has 26 heavy (non-hydrogen) atoms. The lowest BCUT2D eigenvalue weighted by Crippen LogP contribution is -2.30. The van der Waals surface area contributed by atoms with Gasteiger partial charge in [0.25, 0.3) is 5.91 Å². The number of rotatable bonds is 5. The second kappa shape index (κ2) is 8.03. The van der Waals surface area contributed by atoms with E-state index < -0.39 is 29.7 Å². The highest BCUT2D eigenvalue weighted by atomic mass is 19.4. The molecule has 7 heteroatoms. The Morgan fingerprint density at radius 1 is 1.04 bits per heavy atom. The van der Waals surface area contributed by atoms with E-state index in [1.165, 1.54) is 6.92 Å². The van der Waals surface area contributed by atoms with E-state index in [0.29, 0.717) is 0 Å². The van der Waals surface area contributed by atoms with Gasteiger partial charge in [-0.05, 0) is 43.7 Å². The fourth-order valence-corrected chi connectivity index (χ4v) is 2.15. The largest absolute Gasteiger partial charge is 0.452 e. The number of benzene rings is 2. The standard InChI is InChI=1S/C19H18F3NO3/c1-12-3-5-14(6-4-12)11-17(24)26-13(2)18(25)23-16-9-7-15(8-10-16)19(20,21)22/h3-10,13H,11H2,1-2H3,(H,23,25)/t13-/m1/s1. The minimum absolute atomic E-state index is 0.0260. The minimum atomic E-state index is -4.44. The van der Waals surface area contributed by atoms with Crippen molar-refractivity contribution in [3.8, 4) is 0 Å². The average molecular weight is 365 g/mol. The summed E-state index contributed by atoms with van der Waals surface area (Å²) in [7, 11) is 0. The van der Waals surface area contributed by atoms with Gasteiger partial charge in [-0.15, -0.1) is 0 Å². The summed E-state index contributed by atoms with van der Waals surface area (Å²) in [5.41, 5.74) is 1.19. The molecule has 0 saturated carbocycles. The monoisotopic (exact) mass is 365 g/mol. The third-order valence-electron chi connectivity index (χ3n) is 3.63. The van der Waals surface area contributed by atoms with Crippen LogP contribution in [-0.4, -0.2) is 18.0 Å². The number of hydrogen-bond acceptors (Lipinski definition) is 3. The smallest absolute Gasteiger partial charge is 0.416 e. The third-order valence-corrected chi connectivity index (χ3v) is 3.63. The zero-order valence-corrected chi connectivity index (χ0v) is 14.3. The number of nitrogens with one attached hydrogen (secondary N) is 1. The molecule has 1 amide bonds. The Kier molecular flexibility index (Phi) is 6.02. The molecule has 2 rings (SSSR count). The van der Waals surface area contributed by atoms with E-state index >= 15 is 0 Å². The Bertz CT molecular complexity index is 768. The number of alkyl halides is 3. The van der Waals surface area contributed by atoms with Gasteiger partial charge in [-0.25, -0.2) is 0 Å². The van der Waals surface area contributed by atoms with Gasteiger partial charge in [0.05, 0.1) is 12.0 Å². The van der Waals surface area contributed by atoms with Gasteiger partial charge >= 0.3 is 12.1 Å². The molecule has 0 fully saturated rings. The molecule has 0 unspecified atom stereocenters. The quantitative estimate of drug-likeness (QED) is 0.811. The first-order valence-corrected chi connectivity index (χ1v) is 7.88. The van der Waals surface area contributed by atoms with Crippen molar-refractivity contribution in [3.05, 3.63) is 65.2 Å². The van der Waals surface area contributed by atoms with Gasteiger partial charge in [0, 0.05) is 5.69 Å². The Morgan fingerprint density at radius 3 is 2.15 bits per heavy atom. The van der Waals surface area contributed by atoms with Crippen LogP contribution >= 0.6 is 0 Å². The summed E-state index contributed by atoms with van der Waals surface area (Å²) >= 11 is 0. The van der Waals surface area contributed by atoms with Gasteiger partial charge in [0.2, 0.25) is 0 Å². The van der Waals surface area contributed by atoms with Crippen molar-refractivity contribution >= 4 is 17.6 Å². The molecule has 1 N–H and O–H groups in total. The molecule has 0 spiro atoms. The van der Waals surface area contributed by atoms with Gasteiger partial charge in [-0.1, -0.05) is 29.8 Å². The number of aryl methyl sites for hydroxylation is 1. The summed E-state index contributed by atoms with van der Waals surface area (Å²) in [6, 6.07) is 11.3. The minimum Gasteiger partial charge on any atom is -0.452 e. The van der Waals surface area contributed by atoms with Crippen molar-refractivity contribution in [3.63, 3.8) is 0 Å². The van der Waals surface area contributed by atoms with Crippen LogP contribution in [0.15, 0.2) is 48.5 Å². The fourth-order valence-electron chi connectivity index (χ4n) is 2.15. The number of hydrogen-bond donors (Lipinski definition) is 1. The molecule has 0 heterocycles. The van der Waals surface area contributed by atoms with Crippen molar-refractivity contribution < 1.29 is 27.5 Å². The van der Waals surface area contributed by atoms with Crippen LogP contribution in [0.4, 0.5) is 18.9 Å². The molecule has 0 aliphatic rings. The topological polar surface area (TPSA) is 55.4 Å². The van der Waals surface area contributed by atoms with E-state index in [2.05, 4.69) is 5.32 Å². The first-order chi connectivity index (χ1) is 12.1. The van der Waals surface area contributed by atoms with Gasteiger partial charge in [0.15, 0.2) is 6.10 Å². The normalized spacial score (nSPS) is 12.3. The molecule has 0 aliphatic carbocycles. The third kappa shape index (κ3) is 5.61. The number of carbonyl (C=O) groups excluding carboxylic acids is 2. The second-order valence-electron chi connectivity index (χ2n) is 5.86. The lowest BCUT2D eigenvalue weighted by atomic mass is 10.1. The summed E-state index contributed by atoms with van der Waals surface area (Å²) in [6.45, 7) is 3.32. The van der Waals surface area contributed by atoms with Gasteiger partial charge in [-0.3, -0.25) is 9.59 Å². The number of ether oxygens (including phenoxy) is 1. The van der Waals surface area contributed by atoms with Gasteiger partial charge < -0.3 is 10.1 Å². The van der Waals surface area contributed by atoms with Gasteiger partial charge in [0.1, 0.15) is 0 Å². The summed E-state index contributed by atoms with van der Waals surface area (Å²) in [6.07, 6.45) is -5.49. The molecule has 0 saturated heterocycles. The van der Waals surface area contributed by atoms with Crippen molar-refractivity contribution in [1.29, 1.82) is 0 Å². The van der Waals surface area contributed by atoms with E-state index in [-0.39, 0.29) is 12.1 Å². The fraction of sp³-hybridized carbons (Fsp3) is 0.263. The molecule has 0 radical (unpaired) electrons. The van der Waals surface area contributed by atoms with E-state index in [9.17, 15) is 22.8 Å². The summed E-state index contributed by atoms with van der Waals surface area (Å²) < 4.78 is 42.6. The SMILES string of the molecule is Cc1ccc(CC(=O)O[C@H](C)C(=O)Nc2ccc(C(F)(F)F)cc2)cc1. The number of halogens is 3. The summed E-state index contributed by atoms with van der Waals surface area (Å²) in [5.74, 6) is -1.19. The molecule has 0 aliphatic heterocycles. The average Bonchev–Trinajstić information content (AvgIpc) is 2.56. The molecule has 1 atom stereocenters. The van der Waals surface area contributed by atoms with Crippen LogP contribution in [0.5, 0.6) is 0 Å².